The van der Waals surface area contributed by atoms with Crippen molar-refractivity contribution in [2.24, 2.45) is 0 Å². The van der Waals surface area contributed by atoms with Crippen molar-refractivity contribution in [2.45, 2.75) is 5.76 Å². The molecule has 0 saturated carbocycles. The number of hydrogen-bond donors (Lipinski definition) is 2. The number of nitrogens with zero attached hydrogens (tertiary/aromatic N) is 2. The van der Waals surface area contributed by atoms with Gasteiger partial charge in [0.2, 0.25) is 0 Å². The van der Waals surface area contributed by atoms with Crippen LogP contribution < -0.4 is 4.72 Å². The van der Waals surface area contributed by atoms with Crippen molar-refractivity contribution < 1.29 is 27.1 Å². The minimum absolute atomic E-state index is 0.317. The molecular weight excluding hydrogens is 308 g/mol. The highest BCUT2D eigenvalue weighted by molar-refractivity contribution is 7.93. The van der Waals surface area contributed by atoms with Gasteiger partial charge < -0.3 is 5.11 Å². The Morgan fingerprint density at radius 2 is 1.90 bits per heavy atom. The largest absolute Gasteiger partial charge is 0.477 e. The van der Waals surface area contributed by atoms with Crippen LogP contribution in [0.15, 0.2) is 36.5 Å². The lowest BCUT2D eigenvalue weighted by Gasteiger charge is -2.11. The molecule has 2 N–H and O–H groups in total. The second-order valence-electron chi connectivity index (χ2n) is 3.87. The second-order valence-corrected chi connectivity index (χ2v) is 5.52. The molecular formula is C11H9F2N3O4S. The molecule has 0 fully saturated rings. The smallest absolute Gasteiger partial charge is 0.355 e. The number of aromatic nitrogens is 2. The van der Waals surface area contributed by atoms with E-state index in [9.17, 15) is 22.0 Å². The number of carbonyl (C=O) groups is 1. The molecule has 0 atom stereocenters. The van der Waals surface area contributed by atoms with E-state index in [1.165, 1.54) is 12.1 Å². The van der Waals surface area contributed by atoms with Gasteiger partial charge in [0.05, 0.1) is 11.9 Å². The number of halogens is 2. The van der Waals surface area contributed by atoms with Gasteiger partial charge in [-0.15, -0.1) is 0 Å². The summed E-state index contributed by atoms with van der Waals surface area (Å²) in [6, 6.07) is 7.90. The summed E-state index contributed by atoms with van der Waals surface area (Å²) in [5.41, 5.74) is -0.222. The number of benzene rings is 1. The fourth-order valence-corrected chi connectivity index (χ4v) is 2.10. The van der Waals surface area contributed by atoms with Crippen LogP contribution >= 0.6 is 0 Å². The Labute approximate surface area is 117 Å². The van der Waals surface area contributed by atoms with Crippen molar-refractivity contribution in [1.82, 2.24) is 9.78 Å². The molecule has 112 valence electrons. The molecule has 0 aliphatic carbocycles. The molecule has 0 bridgehead atoms. The number of sulfonamides is 1. The Balaban J connectivity index is 2.57. The lowest BCUT2D eigenvalue weighted by Crippen LogP contribution is -2.23. The van der Waals surface area contributed by atoms with Crippen LogP contribution in [0.4, 0.5) is 14.6 Å². The molecule has 0 spiro atoms. The number of alkyl halides is 2. The summed E-state index contributed by atoms with van der Waals surface area (Å²) < 4.78 is 49.9. The van der Waals surface area contributed by atoms with Gasteiger partial charge in [0.25, 0.3) is 10.0 Å². The molecule has 0 saturated heterocycles. The molecule has 0 aliphatic rings. The van der Waals surface area contributed by atoms with E-state index in [0.717, 1.165) is 10.9 Å². The maximum absolute atomic E-state index is 12.4. The molecule has 10 heteroatoms. The molecule has 2 rings (SSSR count). The normalized spacial score (nSPS) is 11.6. The third-order valence-electron chi connectivity index (χ3n) is 2.47. The van der Waals surface area contributed by atoms with Gasteiger partial charge >= 0.3 is 11.7 Å². The molecule has 0 aliphatic heterocycles. The number of anilines is 1. The van der Waals surface area contributed by atoms with Crippen molar-refractivity contribution in [1.29, 1.82) is 0 Å². The zero-order valence-electron chi connectivity index (χ0n) is 10.3. The maximum Gasteiger partial charge on any atom is 0.355 e. The second kappa shape index (κ2) is 5.48. The lowest BCUT2D eigenvalue weighted by molar-refractivity contribution is 0.0698. The van der Waals surface area contributed by atoms with E-state index in [0.29, 0.717) is 5.69 Å². The molecule has 21 heavy (non-hydrogen) atoms. The van der Waals surface area contributed by atoms with Crippen LogP contribution in [0.2, 0.25) is 0 Å². The van der Waals surface area contributed by atoms with Crippen molar-refractivity contribution in [3.8, 4) is 5.69 Å². The van der Waals surface area contributed by atoms with Crippen molar-refractivity contribution in [3.05, 3.63) is 42.1 Å². The van der Waals surface area contributed by atoms with Crippen LogP contribution in [0.3, 0.4) is 0 Å². The number of hydrogen-bond acceptors (Lipinski definition) is 4. The van der Waals surface area contributed by atoms with Gasteiger partial charge in [-0.3, -0.25) is 4.72 Å². The highest BCUT2D eigenvalue weighted by atomic mass is 32.2. The van der Waals surface area contributed by atoms with Crippen LogP contribution in [0, 0.1) is 0 Å². The highest BCUT2D eigenvalue weighted by Crippen LogP contribution is 2.22. The summed E-state index contributed by atoms with van der Waals surface area (Å²) >= 11 is 0. The van der Waals surface area contributed by atoms with Gasteiger partial charge in [0.15, 0.2) is 5.82 Å². The van der Waals surface area contributed by atoms with Crippen molar-refractivity contribution in [2.75, 3.05) is 4.72 Å². The summed E-state index contributed by atoms with van der Waals surface area (Å²) in [5, 5.41) is 12.7. The number of carboxylic acid groups (broad SMARTS) is 1. The van der Waals surface area contributed by atoms with E-state index in [4.69, 9.17) is 5.11 Å². The van der Waals surface area contributed by atoms with Crippen LogP contribution in [-0.4, -0.2) is 35.0 Å². The Kier molecular flexibility index (Phi) is 3.89. The third kappa shape index (κ3) is 2.99. The first kappa shape index (κ1) is 14.9. The first-order chi connectivity index (χ1) is 9.83. The van der Waals surface area contributed by atoms with E-state index in [2.05, 4.69) is 5.10 Å². The first-order valence-electron chi connectivity index (χ1n) is 5.49. The zero-order valence-corrected chi connectivity index (χ0v) is 11.1. The molecule has 1 aromatic heterocycles. The third-order valence-corrected chi connectivity index (χ3v) is 3.42. The molecule has 7 nitrogen and oxygen atoms in total. The van der Waals surface area contributed by atoms with E-state index in [-0.39, 0.29) is 0 Å². The number of para-hydroxylation sites is 1. The molecule has 0 radical (unpaired) electrons. The minimum Gasteiger partial charge on any atom is -0.477 e. The SMILES string of the molecule is O=C(O)c1cnn(-c2ccccc2)c1NS(=O)(=O)C(F)F. The van der Waals surface area contributed by atoms with Crippen LogP contribution in [0.25, 0.3) is 5.69 Å². The van der Waals surface area contributed by atoms with Crippen molar-refractivity contribution in [3.63, 3.8) is 0 Å². The molecule has 0 amide bonds. The standard InChI is InChI=1S/C11H9F2N3O4S/c12-11(13)21(19,20)15-9-8(10(17)18)6-14-16(9)7-4-2-1-3-5-7/h1-6,11,15H,(H,17,18). The molecule has 0 unspecified atom stereocenters. The zero-order chi connectivity index (χ0) is 15.6. The number of rotatable bonds is 5. The van der Waals surface area contributed by atoms with Crippen molar-refractivity contribution >= 4 is 21.8 Å². The Hall–Kier alpha value is -2.49. The van der Waals surface area contributed by atoms with Crippen LogP contribution in [0.5, 0.6) is 0 Å². The number of nitrogens with one attached hydrogen (secondary N) is 1. The summed E-state index contributed by atoms with van der Waals surface area (Å²) in [4.78, 5) is 11.0. The summed E-state index contributed by atoms with van der Waals surface area (Å²) in [6.07, 6.45) is 0.874. The monoisotopic (exact) mass is 317 g/mol. The van der Waals surface area contributed by atoms with E-state index in [1.807, 2.05) is 0 Å². The maximum atomic E-state index is 12.4. The number of aromatic carboxylic acids is 1. The summed E-state index contributed by atoms with van der Waals surface area (Å²) in [7, 11) is -5.02. The van der Waals surface area contributed by atoms with Gasteiger partial charge in [-0.2, -0.15) is 13.9 Å². The van der Waals surface area contributed by atoms with Gasteiger partial charge in [-0.05, 0) is 12.1 Å². The fourth-order valence-electron chi connectivity index (χ4n) is 1.55. The molecule has 2 aromatic rings. The number of carboxylic acids is 1. The average Bonchev–Trinajstić information content (AvgIpc) is 2.82. The Morgan fingerprint density at radius 1 is 1.29 bits per heavy atom. The predicted octanol–water partition coefficient (Wildman–Crippen LogP) is 1.53. The van der Waals surface area contributed by atoms with Crippen LogP contribution in [-0.2, 0) is 10.0 Å². The van der Waals surface area contributed by atoms with E-state index >= 15 is 0 Å². The highest BCUT2D eigenvalue weighted by Gasteiger charge is 2.28. The van der Waals surface area contributed by atoms with Gasteiger partial charge in [-0.1, -0.05) is 18.2 Å². The lowest BCUT2D eigenvalue weighted by atomic mass is 10.3. The first-order valence-corrected chi connectivity index (χ1v) is 7.04. The van der Waals surface area contributed by atoms with Gasteiger partial charge in [0.1, 0.15) is 5.56 Å². The summed E-state index contributed by atoms with van der Waals surface area (Å²) in [5.74, 6) is -5.75. The Bertz CT molecular complexity index is 759. The quantitative estimate of drug-likeness (QED) is 0.871. The van der Waals surface area contributed by atoms with Gasteiger partial charge in [-0.25, -0.2) is 17.9 Å². The summed E-state index contributed by atoms with van der Waals surface area (Å²) in [6.45, 7) is 0. The van der Waals surface area contributed by atoms with E-state index < -0.39 is 33.1 Å². The average molecular weight is 317 g/mol. The van der Waals surface area contributed by atoms with Crippen LogP contribution in [0.1, 0.15) is 10.4 Å². The fraction of sp³-hybridized carbons (Fsp3) is 0.0909. The molecule has 1 heterocycles. The topological polar surface area (TPSA) is 101 Å². The molecule has 1 aromatic carbocycles. The van der Waals surface area contributed by atoms with Gasteiger partial charge in [0, 0.05) is 0 Å². The van der Waals surface area contributed by atoms with E-state index in [1.54, 1.807) is 22.9 Å². The predicted molar refractivity (Wildman–Crippen MR) is 69.1 cm³/mol. The minimum atomic E-state index is -5.02. The Morgan fingerprint density at radius 3 is 2.43 bits per heavy atom.